The lowest BCUT2D eigenvalue weighted by molar-refractivity contribution is -0.00647. The first-order chi connectivity index (χ1) is 43.9. The number of aryl methyl sites for hydroxylation is 7. The molecule has 0 bridgehead atoms. The average molecular weight is 1300 g/mol. The van der Waals surface area contributed by atoms with E-state index in [2.05, 4.69) is 88.6 Å². The largest absolute Gasteiger partial charge is 0.381 e. The van der Waals surface area contributed by atoms with Crippen LogP contribution in [0.15, 0.2) is 53.4 Å². The van der Waals surface area contributed by atoms with E-state index in [1.54, 1.807) is 31.4 Å². The maximum absolute atomic E-state index is 13.9. The fraction of sp³-hybridized carbons (Fsp3) is 0.507. The van der Waals surface area contributed by atoms with Crippen LogP contribution in [0.25, 0.3) is 44.6 Å². The van der Waals surface area contributed by atoms with Crippen molar-refractivity contribution >= 4 is 78.3 Å². The topological polar surface area (TPSA) is 199 Å². The summed E-state index contributed by atoms with van der Waals surface area (Å²) in [5.41, 5.74) is 14.3. The molecule has 4 aliphatic heterocycles. The first-order valence-electron chi connectivity index (χ1n) is 32.5. The van der Waals surface area contributed by atoms with Gasteiger partial charge in [-0.25, -0.2) is 19.9 Å². The molecule has 0 unspecified atom stereocenters. The highest BCUT2D eigenvalue weighted by molar-refractivity contribution is 7.90. The molecule has 0 radical (unpaired) electrons. The Labute approximate surface area is 549 Å². The highest BCUT2D eigenvalue weighted by Crippen LogP contribution is 2.49. The minimum absolute atomic E-state index is 0.0130. The fourth-order valence-corrected chi connectivity index (χ4v) is 17.3. The second-order valence-electron chi connectivity index (χ2n) is 28.0. The Bertz CT molecular complexity index is 4500. The van der Waals surface area contributed by atoms with Crippen molar-refractivity contribution in [2.24, 2.45) is 24.9 Å². The van der Waals surface area contributed by atoms with Crippen molar-refractivity contribution in [1.82, 2.24) is 58.9 Å². The molecular weight excluding hydrogens is 1220 g/mol. The quantitative estimate of drug-likeness (QED) is 0.121. The molecular formula is C69H84Cl2N16O4S. The minimum atomic E-state index is -3.95. The third-order valence-corrected chi connectivity index (χ3v) is 22.6. The summed E-state index contributed by atoms with van der Waals surface area (Å²) < 4.78 is 44.7. The van der Waals surface area contributed by atoms with E-state index in [0.717, 1.165) is 193 Å². The van der Waals surface area contributed by atoms with E-state index in [-0.39, 0.29) is 27.9 Å². The van der Waals surface area contributed by atoms with Crippen molar-refractivity contribution in [3.63, 3.8) is 0 Å². The van der Waals surface area contributed by atoms with Crippen molar-refractivity contribution in [2.75, 3.05) is 73.1 Å². The van der Waals surface area contributed by atoms with Gasteiger partial charge in [-0.05, 0) is 109 Å². The second-order valence-corrected chi connectivity index (χ2v) is 30.5. The molecule has 20 nitrogen and oxygen atoms in total. The Morgan fingerprint density at radius 1 is 0.576 bits per heavy atom. The van der Waals surface area contributed by atoms with E-state index >= 15 is 0 Å². The summed E-state index contributed by atoms with van der Waals surface area (Å²) in [7, 11) is 3.66. The molecule has 4 fully saturated rings. The molecule has 92 heavy (non-hydrogen) atoms. The van der Waals surface area contributed by atoms with E-state index in [0.29, 0.717) is 48.4 Å². The molecule has 23 heteroatoms. The Morgan fingerprint density at radius 2 is 1.05 bits per heavy atom. The standard InChI is InChI=1S/C38H45ClN8O3S.C31H39ClN8O/c1-22-8-13-26(14-9-22)51(48,49)47-29-15-10-23(2)31(32(29)24(3)42-47)35-40-28-16-18-45(37-33(39)34(25-11-12-25)43-44(37)6)20-27(28)36(41-35)46-19-17-30(50-7)38(4,5)21-46;1-17-7-10-22-25(18(2)35-36-22)24(17)28-33-21-11-13-39(30-26(32)27(19-8-9-19)37-38(30)5)15-20(21)29(34-28)40-14-12-23(41-6)31(3,4)16-40/h8-10,13-15,25,30H,11-12,16-21H2,1-7H3;7,10,19,23H,8-9,11-16H2,1-6H3,(H,35,36)/t30-;23-/m11/s1. The van der Waals surface area contributed by atoms with Gasteiger partial charge in [-0.2, -0.15) is 32.9 Å². The summed E-state index contributed by atoms with van der Waals surface area (Å²) in [4.78, 5) is 31.1. The van der Waals surface area contributed by atoms with Gasteiger partial charge in [-0.15, -0.1) is 0 Å². The van der Waals surface area contributed by atoms with E-state index in [1.165, 1.54) is 18.4 Å². The number of hydrogen-bond acceptors (Lipinski definition) is 16. The SMILES string of the molecule is CO[C@@H]1CCN(c2nc(-c3c(C)ccc4c3c(C)nn4S(=O)(=O)c3ccc(C)cc3)nc3c2CN(c2c(Cl)c(C4CC4)nn2C)CC3)CC1(C)C.CO[C@@H]1CCN(c2nc(-c3c(C)ccc4n[nH]c(C)c34)nc3c2CN(c2c(Cl)c(C4CC4)nn2C)CC3)CC1(C)C. The van der Waals surface area contributed by atoms with Crippen LogP contribution in [0, 0.1) is 45.4 Å². The third-order valence-electron chi connectivity index (χ3n) is 20.3. The number of methoxy groups -OCH3 is 2. The van der Waals surface area contributed by atoms with Crippen LogP contribution >= 0.6 is 23.2 Å². The summed E-state index contributed by atoms with van der Waals surface area (Å²) in [6.45, 7) is 25.3. The molecule has 3 aromatic carbocycles. The molecule has 6 aliphatic rings. The lowest BCUT2D eigenvalue weighted by Crippen LogP contribution is -2.50. The smallest absolute Gasteiger partial charge is 0.283 e. The van der Waals surface area contributed by atoms with Crippen LogP contribution in [0.1, 0.15) is 140 Å². The van der Waals surface area contributed by atoms with Gasteiger partial charge < -0.3 is 29.1 Å². The molecule has 0 amide bonds. The predicted molar refractivity (Wildman–Crippen MR) is 363 cm³/mol. The van der Waals surface area contributed by atoms with Gasteiger partial charge in [0, 0.05) is 155 Å². The number of nitrogens with zero attached hydrogens (tertiary/aromatic N) is 15. The highest BCUT2D eigenvalue weighted by Gasteiger charge is 2.42. The second kappa shape index (κ2) is 23.4. The van der Waals surface area contributed by atoms with Gasteiger partial charge in [0.2, 0.25) is 0 Å². The minimum Gasteiger partial charge on any atom is -0.381 e. The zero-order valence-electron chi connectivity index (χ0n) is 55.2. The van der Waals surface area contributed by atoms with Crippen LogP contribution < -0.4 is 19.6 Å². The maximum atomic E-state index is 13.9. The molecule has 9 aromatic rings. The molecule has 484 valence electrons. The Kier molecular flexibility index (Phi) is 15.8. The zero-order valence-corrected chi connectivity index (χ0v) is 57.6. The van der Waals surface area contributed by atoms with Crippen molar-refractivity contribution in [3.8, 4) is 22.8 Å². The van der Waals surface area contributed by atoms with Crippen LogP contribution in [0.3, 0.4) is 0 Å². The number of H-pyrrole nitrogens is 1. The predicted octanol–water partition coefficient (Wildman–Crippen LogP) is 12.4. The Morgan fingerprint density at radius 3 is 1.52 bits per heavy atom. The monoisotopic (exact) mass is 1300 g/mol. The number of hydrogen-bond donors (Lipinski definition) is 1. The molecule has 6 aromatic heterocycles. The first kappa shape index (κ1) is 62.3. The molecule has 0 spiro atoms. The van der Waals surface area contributed by atoms with Gasteiger partial charge >= 0.3 is 0 Å². The van der Waals surface area contributed by atoms with Gasteiger partial charge in [-0.3, -0.25) is 14.5 Å². The summed E-state index contributed by atoms with van der Waals surface area (Å²) in [5.74, 6) is 6.18. The normalized spacial score (nSPS) is 19.8. The van der Waals surface area contributed by atoms with Gasteiger partial charge in [0.1, 0.15) is 33.3 Å². The van der Waals surface area contributed by atoms with Crippen LogP contribution in [0.2, 0.25) is 10.0 Å². The Balaban J connectivity index is 0.000000164. The number of aromatic amines is 1. The summed E-state index contributed by atoms with van der Waals surface area (Å²) in [5, 5.41) is 25.4. The van der Waals surface area contributed by atoms with Crippen molar-refractivity contribution in [1.29, 1.82) is 0 Å². The van der Waals surface area contributed by atoms with Crippen LogP contribution in [0.4, 0.5) is 23.3 Å². The van der Waals surface area contributed by atoms with Crippen molar-refractivity contribution in [3.05, 3.63) is 121 Å². The number of halogens is 2. The number of fused-ring (bicyclic) bond motifs is 4. The average Bonchev–Trinajstić information content (AvgIpc) is 1.28. The van der Waals surface area contributed by atoms with Gasteiger partial charge in [0.05, 0.1) is 56.6 Å². The van der Waals surface area contributed by atoms with Crippen molar-refractivity contribution in [2.45, 2.75) is 156 Å². The first-order valence-corrected chi connectivity index (χ1v) is 34.7. The molecule has 10 heterocycles. The molecule has 1 N–H and O–H groups in total. The van der Waals surface area contributed by atoms with Crippen molar-refractivity contribution < 1.29 is 17.9 Å². The maximum Gasteiger partial charge on any atom is 0.283 e. The molecule has 15 rings (SSSR count). The molecule has 2 saturated carbocycles. The summed E-state index contributed by atoms with van der Waals surface area (Å²) >= 11 is 14.0. The lowest BCUT2D eigenvalue weighted by atomic mass is 9.81. The van der Waals surface area contributed by atoms with Crippen LogP contribution in [-0.2, 0) is 59.5 Å². The van der Waals surface area contributed by atoms with E-state index in [1.807, 2.05) is 63.5 Å². The Hall–Kier alpha value is -7.17. The number of ether oxygens (including phenoxy) is 2. The van der Waals surface area contributed by atoms with E-state index in [4.69, 9.17) is 62.8 Å². The zero-order chi connectivity index (χ0) is 64.6. The van der Waals surface area contributed by atoms with Gasteiger partial charge in [0.25, 0.3) is 10.0 Å². The number of aromatic nitrogens is 12. The van der Waals surface area contributed by atoms with E-state index in [9.17, 15) is 8.42 Å². The number of benzene rings is 3. The molecule has 2 atom stereocenters. The number of piperidine rings is 2. The number of rotatable bonds is 12. The third kappa shape index (κ3) is 10.9. The van der Waals surface area contributed by atoms with Crippen LogP contribution in [-0.4, -0.2) is 133 Å². The fourth-order valence-electron chi connectivity index (χ4n) is 15.2. The highest BCUT2D eigenvalue weighted by atomic mass is 35.5. The number of nitrogens with one attached hydrogen (secondary N) is 1. The lowest BCUT2D eigenvalue weighted by Gasteiger charge is -2.45. The van der Waals surface area contributed by atoms with Gasteiger partial charge in [-0.1, -0.05) is 80.7 Å². The number of anilines is 4. The van der Waals surface area contributed by atoms with Crippen LogP contribution in [0.5, 0.6) is 0 Å². The summed E-state index contributed by atoms with van der Waals surface area (Å²) in [6, 6.07) is 14.8. The summed E-state index contributed by atoms with van der Waals surface area (Å²) in [6.07, 6.45) is 8.31. The molecule has 2 aliphatic carbocycles. The molecule has 2 saturated heterocycles. The van der Waals surface area contributed by atoms with E-state index < -0.39 is 10.0 Å². The van der Waals surface area contributed by atoms with Gasteiger partial charge in [0.15, 0.2) is 11.6 Å².